The topological polar surface area (TPSA) is 38.7 Å². The van der Waals surface area contributed by atoms with Crippen molar-refractivity contribution in [2.75, 3.05) is 19.8 Å². The lowest BCUT2D eigenvalue weighted by Gasteiger charge is -2.27. The van der Waals surface area contributed by atoms with Crippen molar-refractivity contribution in [3.05, 3.63) is 22.2 Å². The first-order valence-electron chi connectivity index (χ1n) is 5.76. The summed E-state index contributed by atoms with van der Waals surface area (Å²) in [7, 11) is 0. The standard InChI is InChI=1S/C13H17BrO3/c1-13(2,8-15)11-9(14)4-5-10-12(11)17-7-3-6-16-10/h4-5,15H,3,6-8H2,1-2H3. The van der Waals surface area contributed by atoms with Crippen LogP contribution in [0.3, 0.4) is 0 Å². The van der Waals surface area contributed by atoms with Gasteiger partial charge in [-0.1, -0.05) is 29.8 Å². The molecule has 0 aromatic heterocycles. The van der Waals surface area contributed by atoms with Crippen LogP contribution in [-0.2, 0) is 5.41 Å². The van der Waals surface area contributed by atoms with Gasteiger partial charge < -0.3 is 14.6 Å². The Labute approximate surface area is 110 Å². The molecule has 1 aliphatic rings. The van der Waals surface area contributed by atoms with Crippen LogP contribution >= 0.6 is 15.9 Å². The third kappa shape index (κ3) is 2.43. The Hall–Kier alpha value is -0.740. The third-order valence-electron chi connectivity index (χ3n) is 2.94. The number of fused-ring (bicyclic) bond motifs is 1. The smallest absolute Gasteiger partial charge is 0.166 e. The van der Waals surface area contributed by atoms with Crippen molar-refractivity contribution in [3.63, 3.8) is 0 Å². The van der Waals surface area contributed by atoms with Crippen LogP contribution in [0, 0.1) is 0 Å². The Morgan fingerprint density at radius 3 is 2.71 bits per heavy atom. The van der Waals surface area contributed by atoms with Crippen LogP contribution in [0.4, 0.5) is 0 Å². The van der Waals surface area contributed by atoms with E-state index in [-0.39, 0.29) is 12.0 Å². The van der Waals surface area contributed by atoms with Crippen LogP contribution in [0.15, 0.2) is 16.6 Å². The fraction of sp³-hybridized carbons (Fsp3) is 0.538. The lowest BCUT2D eigenvalue weighted by molar-refractivity contribution is 0.211. The van der Waals surface area contributed by atoms with Gasteiger partial charge in [-0.2, -0.15) is 0 Å². The van der Waals surface area contributed by atoms with Crippen LogP contribution in [0.5, 0.6) is 11.5 Å². The van der Waals surface area contributed by atoms with E-state index < -0.39 is 0 Å². The second-order valence-corrected chi connectivity index (χ2v) is 5.70. The number of halogens is 1. The van der Waals surface area contributed by atoms with Gasteiger partial charge in [-0.25, -0.2) is 0 Å². The second-order valence-electron chi connectivity index (χ2n) is 4.84. The Bertz CT molecular complexity index is 415. The van der Waals surface area contributed by atoms with E-state index in [1.807, 2.05) is 26.0 Å². The molecule has 0 amide bonds. The van der Waals surface area contributed by atoms with E-state index in [2.05, 4.69) is 15.9 Å². The van der Waals surface area contributed by atoms with E-state index in [0.29, 0.717) is 13.2 Å². The highest BCUT2D eigenvalue weighted by atomic mass is 79.9. The van der Waals surface area contributed by atoms with E-state index in [0.717, 1.165) is 28.0 Å². The number of aliphatic hydroxyl groups excluding tert-OH is 1. The summed E-state index contributed by atoms with van der Waals surface area (Å²) in [5.74, 6) is 1.53. The van der Waals surface area contributed by atoms with E-state index in [9.17, 15) is 5.11 Å². The van der Waals surface area contributed by atoms with Gasteiger partial charge in [-0.15, -0.1) is 0 Å². The highest BCUT2D eigenvalue weighted by molar-refractivity contribution is 9.10. The number of hydrogen-bond donors (Lipinski definition) is 1. The Morgan fingerprint density at radius 2 is 2.00 bits per heavy atom. The summed E-state index contributed by atoms with van der Waals surface area (Å²) < 4.78 is 12.4. The summed E-state index contributed by atoms with van der Waals surface area (Å²) in [5, 5.41) is 9.53. The van der Waals surface area contributed by atoms with Gasteiger partial charge >= 0.3 is 0 Å². The summed E-state index contributed by atoms with van der Waals surface area (Å²) >= 11 is 3.53. The molecular formula is C13H17BrO3. The van der Waals surface area contributed by atoms with Crippen molar-refractivity contribution in [3.8, 4) is 11.5 Å². The first-order valence-corrected chi connectivity index (χ1v) is 6.55. The molecule has 0 aliphatic carbocycles. The molecule has 4 heteroatoms. The van der Waals surface area contributed by atoms with Crippen molar-refractivity contribution >= 4 is 15.9 Å². The molecule has 0 bridgehead atoms. The normalized spacial score (nSPS) is 15.5. The molecule has 1 heterocycles. The minimum absolute atomic E-state index is 0.0609. The van der Waals surface area contributed by atoms with Gasteiger partial charge in [-0.3, -0.25) is 0 Å². The number of ether oxygens (including phenoxy) is 2. The lowest BCUT2D eigenvalue weighted by atomic mass is 9.84. The molecular weight excluding hydrogens is 284 g/mol. The van der Waals surface area contributed by atoms with Crippen LogP contribution in [0.2, 0.25) is 0 Å². The molecule has 1 aliphatic heterocycles. The maximum Gasteiger partial charge on any atom is 0.166 e. The molecule has 0 spiro atoms. The zero-order chi connectivity index (χ0) is 12.5. The van der Waals surface area contributed by atoms with Crippen molar-refractivity contribution < 1.29 is 14.6 Å². The van der Waals surface area contributed by atoms with E-state index in [1.165, 1.54) is 0 Å². The molecule has 0 fully saturated rings. The Morgan fingerprint density at radius 1 is 1.29 bits per heavy atom. The molecule has 1 N–H and O–H groups in total. The molecule has 0 unspecified atom stereocenters. The van der Waals surface area contributed by atoms with Gasteiger partial charge in [0.1, 0.15) is 0 Å². The van der Waals surface area contributed by atoms with Crippen molar-refractivity contribution in [2.45, 2.75) is 25.7 Å². The first-order chi connectivity index (χ1) is 8.06. The van der Waals surface area contributed by atoms with Gasteiger partial charge in [0.2, 0.25) is 0 Å². The van der Waals surface area contributed by atoms with Crippen LogP contribution in [-0.4, -0.2) is 24.9 Å². The predicted octanol–water partition coefficient (Wildman–Crippen LogP) is 2.88. The van der Waals surface area contributed by atoms with Crippen molar-refractivity contribution in [1.82, 2.24) is 0 Å². The van der Waals surface area contributed by atoms with Gasteiger partial charge in [0, 0.05) is 21.9 Å². The Kier molecular flexibility index (Phi) is 3.64. The minimum Gasteiger partial charge on any atom is -0.490 e. The van der Waals surface area contributed by atoms with Crippen LogP contribution in [0.25, 0.3) is 0 Å². The summed E-state index contributed by atoms with van der Waals surface area (Å²) in [6.45, 7) is 5.36. The molecule has 0 saturated carbocycles. The highest BCUT2D eigenvalue weighted by Crippen LogP contribution is 2.44. The highest BCUT2D eigenvalue weighted by Gasteiger charge is 2.29. The number of hydrogen-bond acceptors (Lipinski definition) is 3. The Balaban J connectivity index is 2.57. The molecule has 2 rings (SSSR count). The monoisotopic (exact) mass is 300 g/mol. The number of benzene rings is 1. The van der Waals surface area contributed by atoms with Crippen molar-refractivity contribution in [1.29, 1.82) is 0 Å². The molecule has 1 aromatic carbocycles. The molecule has 94 valence electrons. The SMILES string of the molecule is CC(C)(CO)c1c(Br)ccc2c1OCCCO2. The van der Waals surface area contributed by atoms with Gasteiger partial charge in [0.25, 0.3) is 0 Å². The summed E-state index contributed by atoms with van der Waals surface area (Å²) in [6.07, 6.45) is 0.880. The number of rotatable bonds is 2. The maximum atomic E-state index is 9.53. The second kappa shape index (κ2) is 4.86. The zero-order valence-electron chi connectivity index (χ0n) is 10.1. The van der Waals surface area contributed by atoms with Gasteiger partial charge in [0.15, 0.2) is 11.5 Å². The molecule has 0 saturated heterocycles. The fourth-order valence-electron chi connectivity index (χ4n) is 1.92. The maximum absolute atomic E-state index is 9.53. The minimum atomic E-state index is -0.363. The van der Waals surface area contributed by atoms with Crippen molar-refractivity contribution in [2.24, 2.45) is 0 Å². The van der Waals surface area contributed by atoms with Gasteiger partial charge in [-0.05, 0) is 12.1 Å². The molecule has 1 aromatic rings. The third-order valence-corrected chi connectivity index (χ3v) is 3.60. The molecule has 0 atom stereocenters. The number of aliphatic hydroxyl groups is 1. The average Bonchev–Trinajstić information content (AvgIpc) is 2.53. The summed E-state index contributed by atoms with van der Waals surface area (Å²) in [6, 6.07) is 3.85. The van der Waals surface area contributed by atoms with E-state index in [4.69, 9.17) is 9.47 Å². The van der Waals surface area contributed by atoms with Crippen LogP contribution < -0.4 is 9.47 Å². The first kappa shape index (κ1) is 12.7. The lowest BCUT2D eigenvalue weighted by Crippen LogP contribution is -2.23. The molecule has 17 heavy (non-hydrogen) atoms. The summed E-state index contributed by atoms with van der Waals surface area (Å²) in [5.41, 5.74) is 0.608. The predicted molar refractivity (Wildman–Crippen MR) is 69.9 cm³/mol. The average molecular weight is 301 g/mol. The van der Waals surface area contributed by atoms with Gasteiger partial charge in [0.05, 0.1) is 19.8 Å². The molecule has 0 radical (unpaired) electrons. The fourth-order valence-corrected chi connectivity index (χ4v) is 2.77. The zero-order valence-corrected chi connectivity index (χ0v) is 11.7. The van der Waals surface area contributed by atoms with E-state index >= 15 is 0 Å². The van der Waals surface area contributed by atoms with Crippen LogP contribution in [0.1, 0.15) is 25.8 Å². The van der Waals surface area contributed by atoms with E-state index in [1.54, 1.807) is 0 Å². The quantitative estimate of drug-likeness (QED) is 0.913. The summed E-state index contributed by atoms with van der Waals surface area (Å²) in [4.78, 5) is 0. The largest absolute Gasteiger partial charge is 0.490 e. The molecule has 3 nitrogen and oxygen atoms in total.